The third-order valence-corrected chi connectivity index (χ3v) is 5.82. The number of likely N-dealkylation sites (tertiary alicyclic amines) is 1. The van der Waals surface area contributed by atoms with Crippen molar-refractivity contribution in [2.24, 2.45) is 5.92 Å². The van der Waals surface area contributed by atoms with E-state index < -0.39 is 0 Å². The molecule has 2 aromatic heterocycles. The molecule has 0 unspecified atom stereocenters. The summed E-state index contributed by atoms with van der Waals surface area (Å²) in [7, 11) is 0. The molecule has 2 fully saturated rings. The Morgan fingerprint density at radius 3 is 2.83 bits per heavy atom. The molecule has 5 nitrogen and oxygen atoms in total. The lowest BCUT2D eigenvalue weighted by atomic mass is 9.92. The van der Waals surface area contributed by atoms with Crippen molar-refractivity contribution in [2.75, 3.05) is 13.1 Å². The number of piperidine rings is 1. The number of nitrogens with zero attached hydrogens (tertiary/aromatic N) is 3. The highest BCUT2D eigenvalue weighted by Crippen LogP contribution is 2.38. The van der Waals surface area contributed by atoms with Crippen molar-refractivity contribution in [1.29, 1.82) is 0 Å². The molecular formula is C18H23N3O2S. The Balaban J connectivity index is 1.20. The third kappa shape index (κ3) is 3.86. The molecule has 3 heterocycles. The zero-order chi connectivity index (χ0) is 16.4. The summed E-state index contributed by atoms with van der Waals surface area (Å²) in [6, 6.07) is 2.04. The van der Waals surface area contributed by atoms with Crippen LogP contribution in [0.3, 0.4) is 0 Å². The largest absolute Gasteiger partial charge is 0.342 e. The van der Waals surface area contributed by atoms with Gasteiger partial charge in [-0.15, -0.1) is 0 Å². The molecule has 2 aliphatic rings. The average Bonchev–Trinajstić information content (AvgIpc) is 3.13. The first-order valence-electron chi connectivity index (χ1n) is 8.89. The minimum Gasteiger partial charge on any atom is -0.342 e. The van der Waals surface area contributed by atoms with Crippen molar-refractivity contribution >= 4 is 17.2 Å². The Morgan fingerprint density at radius 1 is 1.29 bits per heavy atom. The van der Waals surface area contributed by atoms with Crippen LogP contribution >= 0.6 is 11.3 Å². The molecule has 6 heteroatoms. The Bertz CT molecular complexity index is 670. The second-order valence-electron chi connectivity index (χ2n) is 6.99. The predicted octanol–water partition coefficient (Wildman–Crippen LogP) is 3.42. The molecule has 0 radical (unpaired) electrons. The lowest BCUT2D eigenvalue weighted by molar-refractivity contribution is -0.131. The van der Waals surface area contributed by atoms with Crippen LogP contribution in [-0.2, 0) is 17.6 Å². The third-order valence-electron chi connectivity index (χ3n) is 5.09. The summed E-state index contributed by atoms with van der Waals surface area (Å²) in [6.07, 6.45) is 7.09. The van der Waals surface area contributed by atoms with Gasteiger partial charge in [-0.2, -0.15) is 16.3 Å². The van der Waals surface area contributed by atoms with Crippen LogP contribution in [0.1, 0.15) is 55.3 Å². The van der Waals surface area contributed by atoms with Crippen LogP contribution < -0.4 is 0 Å². The number of thiophene rings is 1. The number of hydrogen-bond acceptors (Lipinski definition) is 5. The van der Waals surface area contributed by atoms with E-state index in [1.54, 1.807) is 11.3 Å². The summed E-state index contributed by atoms with van der Waals surface area (Å²) in [6.45, 7) is 1.76. The lowest BCUT2D eigenvalue weighted by Crippen LogP contribution is -2.39. The molecule has 1 saturated carbocycles. The second kappa shape index (κ2) is 7.05. The van der Waals surface area contributed by atoms with Gasteiger partial charge in [0.2, 0.25) is 11.8 Å². The van der Waals surface area contributed by atoms with E-state index in [1.165, 1.54) is 12.8 Å². The van der Waals surface area contributed by atoms with Gasteiger partial charge in [-0.25, -0.2) is 0 Å². The number of carbonyl (C=O) groups is 1. The maximum atomic E-state index is 12.3. The normalized spacial score (nSPS) is 18.9. The van der Waals surface area contributed by atoms with E-state index >= 15 is 0 Å². The van der Waals surface area contributed by atoms with E-state index in [4.69, 9.17) is 4.52 Å². The summed E-state index contributed by atoms with van der Waals surface area (Å²) < 4.78 is 5.31. The van der Waals surface area contributed by atoms with E-state index in [9.17, 15) is 4.79 Å². The standard InChI is InChI=1S/C18H23N3O2S/c22-17(11-14-7-10-24-12-14)21-8-5-13(6-9-21)1-4-16-19-18(23-20-16)15-2-3-15/h7,10,12-13,15H,1-6,8-9,11H2. The first kappa shape index (κ1) is 15.8. The fourth-order valence-corrected chi connectivity index (χ4v) is 4.02. The van der Waals surface area contributed by atoms with Gasteiger partial charge >= 0.3 is 0 Å². The highest BCUT2D eigenvalue weighted by atomic mass is 32.1. The number of aromatic nitrogens is 2. The average molecular weight is 345 g/mol. The van der Waals surface area contributed by atoms with Gasteiger partial charge < -0.3 is 9.42 Å². The highest BCUT2D eigenvalue weighted by molar-refractivity contribution is 7.07. The monoisotopic (exact) mass is 345 g/mol. The van der Waals surface area contributed by atoms with Crippen molar-refractivity contribution in [2.45, 2.75) is 50.9 Å². The smallest absolute Gasteiger partial charge is 0.229 e. The molecule has 1 aliphatic heterocycles. The summed E-state index contributed by atoms with van der Waals surface area (Å²) >= 11 is 1.65. The van der Waals surface area contributed by atoms with Crippen LogP contribution in [0, 0.1) is 5.92 Å². The summed E-state index contributed by atoms with van der Waals surface area (Å²) in [5.74, 6) is 3.15. The summed E-state index contributed by atoms with van der Waals surface area (Å²) in [5, 5.41) is 8.19. The van der Waals surface area contributed by atoms with Gasteiger partial charge in [-0.05, 0) is 60.4 Å². The minimum absolute atomic E-state index is 0.263. The Kier molecular flexibility index (Phi) is 4.65. The van der Waals surface area contributed by atoms with E-state index in [2.05, 4.69) is 15.5 Å². The fraction of sp³-hybridized carbons (Fsp3) is 0.611. The van der Waals surface area contributed by atoms with E-state index in [0.717, 1.165) is 56.1 Å². The Morgan fingerprint density at radius 2 is 2.12 bits per heavy atom. The first-order valence-corrected chi connectivity index (χ1v) is 9.83. The molecule has 0 atom stereocenters. The van der Waals surface area contributed by atoms with Gasteiger partial charge in [0.15, 0.2) is 5.82 Å². The van der Waals surface area contributed by atoms with Crippen molar-refractivity contribution in [3.05, 3.63) is 34.1 Å². The molecule has 0 N–H and O–H groups in total. The van der Waals surface area contributed by atoms with Crippen molar-refractivity contribution in [3.8, 4) is 0 Å². The maximum absolute atomic E-state index is 12.3. The predicted molar refractivity (Wildman–Crippen MR) is 91.9 cm³/mol. The zero-order valence-corrected chi connectivity index (χ0v) is 14.6. The minimum atomic E-state index is 0.263. The molecule has 24 heavy (non-hydrogen) atoms. The number of carbonyl (C=O) groups excluding carboxylic acids is 1. The van der Waals surface area contributed by atoms with Crippen LogP contribution in [0.25, 0.3) is 0 Å². The molecule has 4 rings (SSSR count). The van der Waals surface area contributed by atoms with Crippen LogP contribution in [-0.4, -0.2) is 34.0 Å². The summed E-state index contributed by atoms with van der Waals surface area (Å²) in [5.41, 5.74) is 1.13. The molecule has 128 valence electrons. The van der Waals surface area contributed by atoms with Crippen LogP contribution in [0.4, 0.5) is 0 Å². The van der Waals surface area contributed by atoms with Crippen LogP contribution in [0.2, 0.25) is 0 Å². The maximum Gasteiger partial charge on any atom is 0.229 e. The fourth-order valence-electron chi connectivity index (χ4n) is 3.35. The van der Waals surface area contributed by atoms with Gasteiger partial charge in [-0.1, -0.05) is 5.16 Å². The quantitative estimate of drug-likeness (QED) is 0.805. The Hall–Kier alpha value is -1.69. The van der Waals surface area contributed by atoms with Gasteiger partial charge in [0.05, 0.1) is 6.42 Å². The molecule has 0 bridgehead atoms. The van der Waals surface area contributed by atoms with Gasteiger partial charge in [-0.3, -0.25) is 4.79 Å². The number of rotatable bonds is 6. The molecule has 0 spiro atoms. The first-order chi connectivity index (χ1) is 11.8. The van der Waals surface area contributed by atoms with E-state index in [0.29, 0.717) is 18.3 Å². The lowest BCUT2D eigenvalue weighted by Gasteiger charge is -2.32. The highest BCUT2D eigenvalue weighted by Gasteiger charge is 2.30. The SMILES string of the molecule is O=C(Cc1ccsc1)N1CCC(CCc2noc(C3CC3)n2)CC1. The topological polar surface area (TPSA) is 59.2 Å². The van der Waals surface area contributed by atoms with Crippen LogP contribution in [0.5, 0.6) is 0 Å². The van der Waals surface area contributed by atoms with Crippen molar-refractivity contribution in [3.63, 3.8) is 0 Å². The zero-order valence-electron chi connectivity index (χ0n) is 13.8. The molecule has 1 amide bonds. The van der Waals surface area contributed by atoms with Crippen LogP contribution in [0.15, 0.2) is 21.3 Å². The van der Waals surface area contributed by atoms with Gasteiger partial charge in [0.25, 0.3) is 0 Å². The molecule has 2 aromatic rings. The van der Waals surface area contributed by atoms with Crippen molar-refractivity contribution < 1.29 is 9.32 Å². The number of amides is 1. The second-order valence-corrected chi connectivity index (χ2v) is 7.77. The van der Waals surface area contributed by atoms with E-state index in [-0.39, 0.29) is 5.91 Å². The van der Waals surface area contributed by atoms with Gasteiger partial charge in [0.1, 0.15) is 0 Å². The Labute approximate surface area is 146 Å². The van der Waals surface area contributed by atoms with Gasteiger partial charge in [0, 0.05) is 25.4 Å². The molecular weight excluding hydrogens is 322 g/mol. The summed E-state index contributed by atoms with van der Waals surface area (Å²) in [4.78, 5) is 18.8. The van der Waals surface area contributed by atoms with Crippen molar-refractivity contribution in [1.82, 2.24) is 15.0 Å². The number of hydrogen-bond donors (Lipinski definition) is 0. The van der Waals surface area contributed by atoms with E-state index in [1.807, 2.05) is 16.3 Å². The molecule has 1 saturated heterocycles. The molecule has 1 aliphatic carbocycles. The number of aryl methyl sites for hydroxylation is 1. The molecule has 0 aromatic carbocycles.